The van der Waals surface area contributed by atoms with Gasteiger partial charge < -0.3 is 19.5 Å². The highest BCUT2D eigenvalue weighted by molar-refractivity contribution is 7.89. The van der Waals surface area contributed by atoms with Crippen molar-refractivity contribution in [3.05, 3.63) is 83.9 Å². The molecule has 0 fully saturated rings. The van der Waals surface area contributed by atoms with Crippen LogP contribution < -0.4 is 24.2 Å². The second-order valence-corrected chi connectivity index (χ2v) is 9.48. The van der Waals surface area contributed by atoms with E-state index >= 15 is 0 Å². The van der Waals surface area contributed by atoms with E-state index in [9.17, 15) is 13.2 Å². The number of carbonyl (C=O) groups excluding carboxylic acids is 1. The maximum atomic E-state index is 13.2. The summed E-state index contributed by atoms with van der Waals surface area (Å²) in [6.07, 6.45) is 0.790. The second kappa shape index (κ2) is 12.2. The van der Waals surface area contributed by atoms with Crippen molar-refractivity contribution in [1.29, 1.82) is 0 Å². The molecular weight excluding hydrogens is 468 g/mol. The Morgan fingerprint density at radius 2 is 1.51 bits per heavy atom. The minimum atomic E-state index is -4.03. The highest BCUT2D eigenvalue weighted by atomic mass is 32.2. The lowest BCUT2D eigenvalue weighted by Gasteiger charge is -2.19. The first-order valence-electron chi connectivity index (χ1n) is 11.0. The Hall–Kier alpha value is -3.56. The van der Waals surface area contributed by atoms with E-state index in [1.54, 1.807) is 7.11 Å². The number of methoxy groups -OCH3 is 3. The molecule has 3 rings (SSSR count). The SMILES string of the molecule is COc1ccc(CCNC(=O)[C@@H](Cc2ccccc2)NS(=O)(=O)c2ccc(OC)c(OC)c2)cc1. The molecule has 0 aliphatic heterocycles. The van der Waals surface area contributed by atoms with E-state index in [-0.39, 0.29) is 17.1 Å². The number of ether oxygens (including phenoxy) is 3. The van der Waals surface area contributed by atoms with Crippen molar-refractivity contribution in [3.8, 4) is 17.2 Å². The highest BCUT2D eigenvalue weighted by Crippen LogP contribution is 2.29. The predicted molar refractivity (Wildman–Crippen MR) is 134 cm³/mol. The monoisotopic (exact) mass is 498 g/mol. The highest BCUT2D eigenvalue weighted by Gasteiger charge is 2.27. The number of sulfonamides is 1. The molecule has 8 nitrogen and oxygen atoms in total. The van der Waals surface area contributed by atoms with Crippen LogP contribution in [0.2, 0.25) is 0 Å². The van der Waals surface area contributed by atoms with Gasteiger partial charge in [0.15, 0.2) is 11.5 Å². The Bertz CT molecular complexity index is 1210. The van der Waals surface area contributed by atoms with Gasteiger partial charge >= 0.3 is 0 Å². The van der Waals surface area contributed by atoms with Gasteiger partial charge in [0.2, 0.25) is 15.9 Å². The Morgan fingerprint density at radius 3 is 2.14 bits per heavy atom. The number of benzene rings is 3. The van der Waals surface area contributed by atoms with Crippen LogP contribution in [0.25, 0.3) is 0 Å². The zero-order chi connectivity index (χ0) is 25.3. The molecule has 1 amide bonds. The van der Waals surface area contributed by atoms with E-state index in [1.807, 2.05) is 54.6 Å². The number of nitrogens with one attached hydrogen (secondary N) is 2. The van der Waals surface area contributed by atoms with Crippen molar-refractivity contribution in [2.45, 2.75) is 23.8 Å². The van der Waals surface area contributed by atoms with E-state index in [1.165, 1.54) is 32.4 Å². The van der Waals surface area contributed by atoms with Crippen LogP contribution in [0.4, 0.5) is 0 Å². The molecule has 9 heteroatoms. The van der Waals surface area contributed by atoms with Crippen LogP contribution >= 0.6 is 0 Å². The van der Waals surface area contributed by atoms with Gasteiger partial charge in [-0.1, -0.05) is 42.5 Å². The van der Waals surface area contributed by atoms with Gasteiger partial charge in [-0.25, -0.2) is 8.42 Å². The summed E-state index contributed by atoms with van der Waals surface area (Å²) in [5, 5.41) is 2.85. The normalized spacial score (nSPS) is 12.0. The van der Waals surface area contributed by atoms with Crippen LogP contribution in [0.5, 0.6) is 17.2 Å². The first-order valence-corrected chi connectivity index (χ1v) is 12.5. The van der Waals surface area contributed by atoms with Crippen molar-refractivity contribution in [1.82, 2.24) is 10.0 Å². The fourth-order valence-electron chi connectivity index (χ4n) is 3.52. The van der Waals surface area contributed by atoms with Crippen LogP contribution in [0.1, 0.15) is 11.1 Å². The van der Waals surface area contributed by atoms with Crippen LogP contribution in [0.3, 0.4) is 0 Å². The topological polar surface area (TPSA) is 103 Å². The van der Waals surface area contributed by atoms with Crippen LogP contribution in [-0.4, -0.2) is 48.2 Å². The fourth-order valence-corrected chi connectivity index (χ4v) is 4.73. The lowest BCUT2D eigenvalue weighted by Crippen LogP contribution is -2.48. The molecule has 186 valence electrons. The van der Waals surface area contributed by atoms with Crippen molar-refractivity contribution < 1.29 is 27.4 Å². The van der Waals surface area contributed by atoms with Gasteiger partial charge in [0.25, 0.3) is 0 Å². The molecule has 2 N–H and O–H groups in total. The average Bonchev–Trinajstić information content (AvgIpc) is 2.88. The molecular formula is C26H30N2O6S. The lowest BCUT2D eigenvalue weighted by molar-refractivity contribution is -0.122. The molecule has 0 aliphatic rings. The number of rotatable bonds is 12. The Morgan fingerprint density at radius 1 is 0.829 bits per heavy atom. The summed E-state index contributed by atoms with van der Waals surface area (Å²) in [6, 6.07) is 20.1. The summed E-state index contributed by atoms with van der Waals surface area (Å²) < 4.78 is 44.5. The summed E-state index contributed by atoms with van der Waals surface area (Å²) in [5.41, 5.74) is 1.86. The third-order valence-electron chi connectivity index (χ3n) is 5.43. The van der Waals surface area contributed by atoms with Gasteiger partial charge in [-0.3, -0.25) is 4.79 Å². The van der Waals surface area contributed by atoms with Crippen LogP contribution in [0.15, 0.2) is 77.7 Å². The van der Waals surface area contributed by atoms with E-state index in [2.05, 4.69) is 10.0 Å². The van der Waals surface area contributed by atoms with Crippen LogP contribution in [0, 0.1) is 0 Å². The Kier molecular flexibility index (Phi) is 9.11. The third-order valence-corrected chi connectivity index (χ3v) is 6.90. The molecule has 0 saturated carbocycles. The van der Waals surface area contributed by atoms with Gasteiger partial charge in [0.1, 0.15) is 11.8 Å². The van der Waals surface area contributed by atoms with Gasteiger partial charge in [0, 0.05) is 12.6 Å². The number of hydrogen-bond donors (Lipinski definition) is 2. The van der Waals surface area contributed by atoms with Crippen molar-refractivity contribution >= 4 is 15.9 Å². The largest absolute Gasteiger partial charge is 0.497 e. The average molecular weight is 499 g/mol. The molecule has 0 heterocycles. The molecule has 35 heavy (non-hydrogen) atoms. The smallest absolute Gasteiger partial charge is 0.241 e. The minimum Gasteiger partial charge on any atom is -0.497 e. The number of amides is 1. The summed E-state index contributed by atoms with van der Waals surface area (Å²) >= 11 is 0. The standard InChI is InChI=1S/C26H30N2O6S/c1-32-21-11-9-19(10-12-21)15-16-27-26(29)23(17-20-7-5-4-6-8-20)28-35(30,31)22-13-14-24(33-2)25(18-22)34-3/h4-14,18,23,28H,15-17H2,1-3H3,(H,27,29)/t23-/m1/s1. The Balaban J connectivity index is 1.75. The van der Waals surface area contributed by atoms with Crippen molar-refractivity contribution in [3.63, 3.8) is 0 Å². The number of hydrogen-bond acceptors (Lipinski definition) is 6. The number of carbonyl (C=O) groups is 1. The van der Waals surface area contributed by atoms with E-state index < -0.39 is 22.0 Å². The van der Waals surface area contributed by atoms with Gasteiger partial charge in [-0.05, 0) is 48.2 Å². The fraction of sp³-hybridized carbons (Fsp3) is 0.269. The van der Waals surface area contributed by atoms with E-state index in [0.29, 0.717) is 18.7 Å². The summed E-state index contributed by atoms with van der Waals surface area (Å²) in [5.74, 6) is 1.03. The molecule has 0 aromatic heterocycles. The van der Waals surface area contributed by atoms with Crippen LogP contribution in [-0.2, 0) is 27.7 Å². The van der Waals surface area contributed by atoms with E-state index in [0.717, 1.165) is 16.9 Å². The lowest BCUT2D eigenvalue weighted by atomic mass is 10.1. The second-order valence-electron chi connectivity index (χ2n) is 7.77. The maximum absolute atomic E-state index is 13.2. The van der Waals surface area contributed by atoms with Gasteiger partial charge in [0.05, 0.1) is 26.2 Å². The molecule has 0 bridgehead atoms. The van der Waals surface area contributed by atoms with Gasteiger partial charge in [-0.2, -0.15) is 4.72 Å². The first kappa shape index (κ1) is 26.1. The predicted octanol–water partition coefficient (Wildman–Crippen LogP) is 2.96. The molecule has 0 aliphatic carbocycles. The summed E-state index contributed by atoms with van der Waals surface area (Å²) in [6.45, 7) is 0.356. The first-order chi connectivity index (χ1) is 16.9. The summed E-state index contributed by atoms with van der Waals surface area (Å²) in [4.78, 5) is 13.0. The van der Waals surface area contributed by atoms with Crippen molar-refractivity contribution in [2.75, 3.05) is 27.9 Å². The molecule has 0 radical (unpaired) electrons. The molecule has 0 spiro atoms. The Labute approximate surface area is 206 Å². The maximum Gasteiger partial charge on any atom is 0.241 e. The quantitative estimate of drug-likeness (QED) is 0.398. The van der Waals surface area contributed by atoms with E-state index in [4.69, 9.17) is 14.2 Å². The van der Waals surface area contributed by atoms with Crippen molar-refractivity contribution in [2.24, 2.45) is 0 Å². The third kappa shape index (κ3) is 7.21. The van der Waals surface area contributed by atoms with Gasteiger partial charge in [-0.15, -0.1) is 0 Å². The minimum absolute atomic E-state index is 0.0285. The summed E-state index contributed by atoms with van der Waals surface area (Å²) in [7, 11) is 0.470. The zero-order valence-corrected chi connectivity index (χ0v) is 20.8. The zero-order valence-electron chi connectivity index (χ0n) is 20.0. The molecule has 0 saturated heterocycles. The molecule has 1 atom stereocenters. The molecule has 3 aromatic rings. The molecule has 3 aromatic carbocycles. The molecule has 0 unspecified atom stereocenters.